The Hall–Kier alpha value is -1.86. The third kappa shape index (κ3) is 2.86. The van der Waals surface area contributed by atoms with Gasteiger partial charge < -0.3 is 14.2 Å². The topological polar surface area (TPSA) is 61.3 Å². The molecule has 7 heteroatoms. The van der Waals surface area contributed by atoms with Gasteiger partial charge in [-0.2, -0.15) is 5.10 Å². The quantitative estimate of drug-likeness (QED) is 0.858. The number of methoxy groups -OCH3 is 2. The minimum atomic E-state index is 0.197. The first-order chi connectivity index (χ1) is 10.7. The Bertz CT molecular complexity index is 704. The monoisotopic (exact) mass is 321 g/mol. The second kappa shape index (κ2) is 6.50. The second-order valence-electron chi connectivity index (χ2n) is 5.17. The molecule has 1 saturated heterocycles. The van der Waals surface area contributed by atoms with Crippen LogP contribution in [0.4, 0.5) is 0 Å². The van der Waals surface area contributed by atoms with E-state index in [1.807, 2.05) is 22.8 Å². The van der Waals surface area contributed by atoms with Gasteiger partial charge in [0.25, 0.3) is 0 Å². The van der Waals surface area contributed by atoms with Crippen LogP contribution in [0.2, 0.25) is 0 Å². The first-order valence-corrected chi connectivity index (χ1v) is 7.63. The molecule has 1 aliphatic heterocycles. The number of nitrogens with zero attached hydrogens (tertiary/aromatic N) is 2. The molecule has 1 aromatic heterocycles. The molecule has 3 rings (SSSR count). The number of aromatic amines is 1. The molecular formula is C15H19N3O3S. The smallest absolute Gasteiger partial charge is 0.195 e. The molecule has 118 valence electrons. The Morgan fingerprint density at radius 2 is 2.18 bits per heavy atom. The summed E-state index contributed by atoms with van der Waals surface area (Å²) in [5, 5.41) is 7.22. The Labute approximate surface area is 134 Å². The predicted molar refractivity (Wildman–Crippen MR) is 84.9 cm³/mol. The lowest BCUT2D eigenvalue weighted by molar-refractivity contribution is 0.0970. The van der Waals surface area contributed by atoms with E-state index in [1.54, 1.807) is 14.2 Å². The third-order valence-corrected chi connectivity index (χ3v) is 4.12. The van der Waals surface area contributed by atoms with Crippen molar-refractivity contribution in [3.05, 3.63) is 23.0 Å². The van der Waals surface area contributed by atoms with E-state index < -0.39 is 0 Å². The highest BCUT2D eigenvalue weighted by atomic mass is 32.1. The Morgan fingerprint density at radius 3 is 2.86 bits per heavy atom. The number of nitrogens with one attached hydrogen (secondary N) is 1. The largest absolute Gasteiger partial charge is 0.493 e. The van der Waals surface area contributed by atoms with Crippen LogP contribution in [0.3, 0.4) is 0 Å². The molecule has 22 heavy (non-hydrogen) atoms. The van der Waals surface area contributed by atoms with Gasteiger partial charge >= 0.3 is 0 Å². The molecule has 2 aromatic rings. The van der Waals surface area contributed by atoms with Crippen molar-refractivity contribution in [1.82, 2.24) is 14.8 Å². The van der Waals surface area contributed by atoms with E-state index >= 15 is 0 Å². The highest BCUT2D eigenvalue weighted by Gasteiger charge is 2.19. The van der Waals surface area contributed by atoms with E-state index in [-0.39, 0.29) is 6.10 Å². The summed E-state index contributed by atoms with van der Waals surface area (Å²) in [6, 6.07) is 5.70. The summed E-state index contributed by atoms with van der Waals surface area (Å²) in [7, 11) is 3.23. The van der Waals surface area contributed by atoms with Gasteiger partial charge in [0.15, 0.2) is 22.1 Å². The van der Waals surface area contributed by atoms with Crippen LogP contribution in [-0.2, 0) is 11.3 Å². The molecule has 0 amide bonds. The van der Waals surface area contributed by atoms with Gasteiger partial charge in [0.2, 0.25) is 0 Å². The first-order valence-electron chi connectivity index (χ1n) is 7.22. The highest BCUT2D eigenvalue weighted by molar-refractivity contribution is 7.71. The van der Waals surface area contributed by atoms with Crippen molar-refractivity contribution in [1.29, 1.82) is 0 Å². The van der Waals surface area contributed by atoms with Crippen molar-refractivity contribution >= 4 is 12.2 Å². The summed E-state index contributed by atoms with van der Waals surface area (Å²) in [4.78, 5) is 0. The molecule has 1 atom stereocenters. The molecule has 0 radical (unpaired) electrons. The van der Waals surface area contributed by atoms with E-state index in [0.29, 0.717) is 22.8 Å². The Balaban J connectivity index is 1.96. The zero-order valence-electron chi connectivity index (χ0n) is 12.7. The molecule has 1 fully saturated rings. The lowest BCUT2D eigenvalue weighted by atomic mass is 10.1. The fourth-order valence-corrected chi connectivity index (χ4v) is 2.88. The summed E-state index contributed by atoms with van der Waals surface area (Å²) in [6.07, 6.45) is 2.35. The SMILES string of the molecule is COc1ccc(-c2n[nH]c(=S)n2C[C@H]2CCCO2)cc1OC. The zero-order chi connectivity index (χ0) is 15.5. The van der Waals surface area contributed by atoms with Crippen LogP contribution < -0.4 is 9.47 Å². The van der Waals surface area contributed by atoms with Crippen LogP contribution in [0.5, 0.6) is 11.5 Å². The summed E-state index contributed by atoms with van der Waals surface area (Å²) in [5.74, 6) is 2.13. The second-order valence-corrected chi connectivity index (χ2v) is 5.55. The van der Waals surface area contributed by atoms with Crippen LogP contribution in [0, 0.1) is 4.77 Å². The number of hydrogen-bond donors (Lipinski definition) is 1. The number of benzene rings is 1. The average molecular weight is 321 g/mol. The van der Waals surface area contributed by atoms with E-state index in [1.165, 1.54) is 0 Å². The molecule has 0 aliphatic carbocycles. The van der Waals surface area contributed by atoms with Crippen molar-refractivity contribution in [2.45, 2.75) is 25.5 Å². The van der Waals surface area contributed by atoms with Crippen molar-refractivity contribution in [2.24, 2.45) is 0 Å². The molecule has 0 unspecified atom stereocenters. The standard InChI is InChI=1S/C15H19N3O3S/c1-19-12-6-5-10(8-13(12)20-2)14-16-17-15(22)18(14)9-11-4-3-7-21-11/h5-6,8,11H,3-4,7,9H2,1-2H3,(H,17,22)/t11-/m1/s1. The van der Waals surface area contributed by atoms with Crippen molar-refractivity contribution in [3.63, 3.8) is 0 Å². The first kappa shape index (κ1) is 15.1. The maximum atomic E-state index is 5.70. The zero-order valence-corrected chi connectivity index (χ0v) is 13.5. The molecule has 0 saturated carbocycles. The molecular weight excluding hydrogens is 302 g/mol. The van der Waals surface area contributed by atoms with Gasteiger partial charge in [-0.25, -0.2) is 0 Å². The Kier molecular flexibility index (Phi) is 4.44. The minimum Gasteiger partial charge on any atom is -0.493 e. The summed E-state index contributed by atoms with van der Waals surface area (Å²) < 4.78 is 18.9. The van der Waals surface area contributed by atoms with Crippen molar-refractivity contribution < 1.29 is 14.2 Å². The maximum absolute atomic E-state index is 5.70. The molecule has 0 spiro atoms. The number of hydrogen-bond acceptors (Lipinski definition) is 5. The lowest BCUT2D eigenvalue weighted by Gasteiger charge is -2.13. The van der Waals surface area contributed by atoms with Crippen molar-refractivity contribution in [2.75, 3.05) is 20.8 Å². The van der Waals surface area contributed by atoms with E-state index in [4.69, 9.17) is 26.4 Å². The molecule has 1 N–H and O–H groups in total. The van der Waals surface area contributed by atoms with Gasteiger partial charge in [0.05, 0.1) is 26.9 Å². The van der Waals surface area contributed by atoms with Gasteiger partial charge in [-0.3, -0.25) is 9.67 Å². The molecule has 0 bridgehead atoms. The molecule has 2 heterocycles. The van der Waals surface area contributed by atoms with Crippen molar-refractivity contribution in [3.8, 4) is 22.9 Å². The lowest BCUT2D eigenvalue weighted by Crippen LogP contribution is -2.16. The van der Waals surface area contributed by atoms with Crippen LogP contribution in [0.25, 0.3) is 11.4 Å². The van der Waals surface area contributed by atoms with E-state index in [9.17, 15) is 0 Å². The minimum absolute atomic E-state index is 0.197. The maximum Gasteiger partial charge on any atom is 0.195 e. The van der Waals surface area contributed by atoms with E-state index in [0.717, 1.165) is 30.8 Å². The fraction of sp³-hybridized carbons (Fsp3) is 0.467. The van der Waals surface area contributed by atoms with E-state index in [2.05, 4.69) is 10.2 Å². The number of rotatable bonds is 5. The summed E-state index contributed by atoms with van der Waals surface area (Å²) in [6.45, 7) is 1.53. The summed E-state index contributed by atoms with van der Waals surface area (Å²) >= 11 is 5.35. The van der Waals surface area contributed by atoms with Gasteiger partial charge in [-0.15, -0.1) is 0 Å². The number of H-pyrrole nitrogens is 1. The van der Waals surface area contributed by atoms with Crippen LogP contribution in [0.1, 0.15) is 12.8 Å². The van der Waals surface area contributed by atoms with Gasteiger partial charge in [-0.05, 0) is 43.3 Å². The number of ether oxygens (including phenoxy) is 3. The van der Waals surface area contributed by atoms with Crippen LogP contribution in [-0.4, -0.2) is 41.7 Å². The number of aromatic nitrogens is 3. The highest BCUT2D eigenvalue weighted by Crippen LogP contribution is 2.32. The van der Waals surface area contributed by atoms with Gasteiger partial charge in [-0.1, -0.05) is 0 Å². The molecule has 1 aromatic carbocycles. The summed E-state index contributed by atoms with van der Waals surface area (Å²) in [5.41, 5.74) is 0.919. The normalized spacial score (nSPS) is 17.6. The fourth-order valence-electron chi connectivity index (χ4n) is 2.67. The third-order valence-electron chi connectivity index (χ3n) is 3.81. The van der Waals surface area contributed by atoms with Gasteiger partial charge in [0.1, 0.15) is 0 Å². The van der Waals surface area contributed by atoms with Crippen LogP contribution >= 0.6 is 12.2 Å². The predicted octanol–water partition coefficient (Wildman–Crippen LogP) is 2.80. The Morgan fingerprint density at radius 1 is 1.36 bits per heavy atom. The molecule has 1 aliphatic rings. The molecule has 6 nitrogen and oxygen atoms in total. The van der Waals surface area contributed by atoms with Gasteiger partial charge in [0, 0.05) is 12.2 Å². The average Bonchev–Trinajstić information content (AvgIpc) is 3.18. The van der Waals surface area contributed by atoms with Crippen LogP contribution in [0.15, 0.2) is 18.2 Å².